The van der Waals surface area contributed by atoms with E-state index in [1.165, 1.54) is 5.69 Å². The van der Waals surface area contributed by atoms with Gasteiger partial charge in [-0.3, -0.25) is 4.68 Å². The first-order valence-corrected chi connectivity index (χ1v) is 9.48. The molecule has 1 saturated heterocycles. The lowest BCUT2D eigenvalue weighted by atomic mass is 10.0. The minimum Gasteiger partial charge on any atom is -0.450 e. The highest BCUT2D eigenvalue weighted by molar-refractivity contribution is 5.67. The molecule has 2 aromatic rings. The molecule has 2 aliphatic heterocycles. The molecule has 0 saturated carbocycles. The molecule has 2 aromatic heterocycles. The van der Waals surface area contributed by atoms with Gasteiger partial charge in [-0.15, -0.1) is 0 Å². The van der Waals surface area contributed by atoms with Crippen LogP contribution in [0.5, 0.6) is 0 Å². The van der Waals surface area contributed by atoms with Crippen molar-refractivity contribution in [1.29, 1.82) is 0 Å². The van der Waals surface area contributed by atoms with Crippen molar-refractivity contribution in [1.82, 2.24) is 29.5 Å². The van der Waals surface area contributed by atoms with Crippen LogP contribution in [-0.4, -0.2) is 56.6 Å². The number of nitrogens with one attached hydrogen (secondary N) is 1. The Labute approximate surface area is 153 Å². The number of imidazole rings is 1. The van der Waals surface area contributed by atoms with Gasteiger partial charge >= 0.3 is 6.09 Å². The van der Waals surface area contributed by atoms with Crippen LogP contribution in [0.4, 0.5) is 4.79 Å². The Balaban J connectivity index is 1.49. The highest BCUT2D eigenvalue weighted by Gasteiger charge is 2.26. The number of rotatable bonds is 3. The molecule has 0 bridgehead atoms. The van der Waals surface area contributed by atoms with Crippen LogP contribution < -0.4 is 5.32 Å². The molecule has 8 nitrogen and oxygen atoms in total. The molecule has 26 heavy (non-hydrogen) atoms. The molecular weight excluding hydrogens is 332 g/mol. The van der Waals surface area contributed by atoms with E-state index in [9.17, 15) is 4.79 Å². The van der Waals surface area contributed by atoms with Gasteiger partial charge in [-0.05, 0) is 38.8 Å². The number of aromatic nitrogens is 4. The lowest BCUT2D eigenvalue weighted by molar-refractivity contribution is 0.0928. The number of hydrogen-bond donors (Lipinski definition) is 1. The van der Waals surface area contributed by atoms with Crippen LogP contribution >= 0.6 is 0 Å². The molecule has 0 radical (unpaired) electrons. The number of fused-ring (bicyclic) bond motifs is 1. The zero-order chi connectivity index (χ0) is 17.9. The molecule has 8 heteroatoms. The first-order chi connectivity index (χ1) is 12.8. The van der Waals surface area contributed by atoms with Crippen LogP contribution in [0.3, 0.4) is 0 Å². The summed E-state index contributed by atoms with van der Waals surface area (Å²) in [6, 6.07) is 2.48. The van der Waals surface area contributed by atoms with Gasteiger partial charge in [0.1, 0.15) is 5.69 Å². The number of ether oxygens (including phenoxy) is 1. The van der Waals surface area contributed by atoms with Crippen LogP contribution in [0.15, 0.2) is 18.5 Å². The van der Waals surface area contributed by atoms with E-state index in [0.717, 1.165) is 50.4 Å². The molecule has 0 spiro atoms. The maximum Gasteiger partial charge on any atom is 0.409 e. The Bertz CT molecular complexity index is 736. The summed E-state index contributed by atoms with van der Waals surface area (Å²) >= 11 is 0. The fourth-order valence-electron chi connectivity index (χ4n) is 3.82. The summed E-state index contributed by atoms with van der Waals surface area (Å²) in [7, 11) is 0. The molecule has 4 rings (SSSR count). The van der Waals surface area contributed by atoms with E-state index in [-0.39, 0.29) is 6.09 Å². The van der Waals surface area contributed by atoms with Crippen molar-refractivity contribution >= 4 is 6.09 Å². The van der Waals surface area contributed by atoms with Crippen LogP contribution in [0, 0.1) is 0 Å². The number of hydrogen-bond acceptors (Lipinski definition) is 5. The summed E-state index contributed by atoms with van der Waals surface area (Å²) in [5, 5.41) is 8.21. The van der Waals surface area contributed by atoms with Gasteiger partial charge in [0.15, 0.2) is 5.82 Å². The molecule has 0 aromatic carbocycles. The molecule has 0 atom stereocenters. The number of carbonyl (C=O) groups is 1. The minimum atomic E-state index is -0.206. The summed E-state index contributed by atoms with van der Waals surface area (Å²) < 4.78 is 9.42. The molecule has 2 aliphatic rings. The Morgan fingerprint density at radius 2 is 2.19 bits per heavy atom. The zero-order valence-corrected chi connectivity index (χ0v) is 15.2. The third-order valence-electron chi connectivity index (χ3n) is 5.17. The summed E-state index contributed by atoms with van der Waals surface area (Å²) in [5.41, 5.74) is 2.14. The minimum absolute atomic E-state index is 0.206. The topological polar surface area (TPSA) is 77.2 Å². The van der Waals surface area contributed by atoms with Crippen molar-refractivity contribution in [2.75, 3.05) is 26.2 Å². The average Bonchev–Trinajstić information content (AvgIpc) is 3.24. The lowest BCUT2D eigenvalue weighted by Crippen LogP contribution is -2.39. The summed E-state index contributed by atoms with van der Waals surface area (Å²) in [6.07, 6.45) is 6.56. The van der Waals surface area contributed by atoms with E-state index in [1.807, 2.05) is 19.3 Å². The van der Waals surface area contributed by atoms with Crippen molar-refractivity contribution in [3.63, 3.8) is 0 Å². The van der Waals surface area contributed by atoms with Crippen molar-refractivity contribution in [3.8, 4) is 11.5 Å². The molecule has 1 amide bonds. The third kappa shape index (κ3) is 3.33. The predicted molar refractivity (Wildman–Crippen MR) is 96.6 cm³/mol. The first-order valence-electron chi connectivity index (χ1n) is 9.48. The van der Waals surface area contributed by atoms with Gasteiger partial charge in [0.25, 0.3) is 0 Å². The number of aryl methyl sites for hydroxylation is 1. The van der Waals surface area contributed by atoms with Crippen molar-refractivity contribution in [3.05, 3.63) is 24.2 Å². The highest BCUT2D eigenvalue weighted by atomic mass is 16.6. The van der Waals surface area contributed by atoms with Crippen molar-refractivity contribution in [2.45, 2.75) is 45.3 Å². The van der Waals surface area contributed by atoms with E-state index in [1.54, 1.807) is 4.90 Å². The van der Waals surface area contributed by atoms with E-state index in [4.69, 9.17) is 9.84 Å². The van der Waals surface area contributed by atoms with E-state index >= 15 is 0 Å². The lowest BCUT2D eigenvalue weighted by Gasteiger charge is -2.32. The van der Waals surface area contributed by atoms with Gasteiger partial charge < -0.3 is 19.5 Å². The van der Waals surface area contributed by atoms with Crippen LogP contribution in [0.2, 0.25) is 0 Å². The van der Waals surface area contributed by atoms with Crippen LogP contribution in [-0.2, 0) is 17.8 Å². The molecule has 4 heterocycles. The summed E-state index contributed by atoms with van der Waals surface area (Å²) in [5.74, 6) is 0.917. The second-order valence-electron chi connectivity index (χ2n) is 6.85. The fraction of sp³-hybridized carbons (Fsp3) is 0.611. The van der Waals surface area contributed by atoms with Gasteiger partial charge in [0.05, 0.1) is 12.3 Å². The smallest absolute Gasteiger partial charge is 0.409 e. The Hall–Kier alpha value is -2.35. The van der Waals surface area contributed by atoms with Gasteiger partial charge in [-0.2, -0.15) is 5.10 Å². The van der Waals surface area contributed by atoms with Gasteiger partial charge in [0.2, 0.25) is 0 Å². The van der Waals surface area contributed by atoms with E-state index < -0.39 is 0 Å². The SMILES string of the molecule is CCOC(=O)N1CCC(n2ccnc2-c2cc3n(n2)CCCNC3)CC1. The molecule has 140 valence electrons. The first kappa shape index (κ1) is 17.1. The second kappa shape index (κ2) is 7.49. The number of piperidine rings is 1. The summed E-state index contributed by atoms with van der Waals surface area (Å²) in [4.78, 5) is 18.3. The molecule has 1 N–H and O–H groups in total. The second-order valence-corrected chi connectivity index (χ2v) is 6.85. The standard InChI is InChI=1S/C18H26N6O2/c1-2-26-18(25)22-9-4-14(5-10-22)23-11-7-20-17(23)16-12-15-13-19-6-3-8-24(15)21-16/h7,11-12,14,19H,2-6,8-10,13H2,1H3. The average molecular weight is 358 g/mol. The number of likely N-dealkylation sites (tertiary alicyclic amines) is 1. The number of carbonyl (C=O) groups excluding carboxylic acids is 1. The van der Waals surface area contributed by atoms with Gasteiger partial charge in [-0.1, -0.05) is 0 Å². The Morgan fingerprint density at radius 3 is 3.00 bits per heavy atom. The molecule has 1 fully saturated rings. The van der Waals surface area contributed by atoms with E-state index in [0.29, 0.717) is 25.7 Å². The highest BCUT2D eigenvalue weighted by Crippen LogP contribution is 2.28. The molecule has 0 unspecified atom stereocenters. The number of nitrogens with zero attached hydrogens (tertiary/aromatic N) is 5. The largest absolute Gasteiger partial charge is 0.450 e. The zero-order valence-electron chi connectivity index (χ0n) is 15.2. The van der Waals surface area contributed by atoms with Crippen LogP contribution in [0.25, 0.3) is 11.5 Å². The monoisotopic (exact) mass is 358 g/mol. The van der Waals surface area contributed by atoms with Gasteiger partial charge in [0, 0.05) is 44.6 Å². The molecule has 0 aliphatic carbocycles. The molecular formula is C18H26N6O2. The fourth-order valence-corrected chi connectivity index (χ4v) is 3.82. The summed E-state index contributed by atoms with van der Waals surface area (Å²) in [6.45, 7) is 6.52. The predicted octanol–water partition coefficient (Wildman–Crippen LogP) is 2.03. The Kier molecular flexibility index (Phi) is 4.92. The van der Waals surface area contributed by atoms with Crippen molar-refractivity contribution in [2.24, 2.45) is 0 Å². The van der Waals surface area contributed by atoms with Gasteiger partial charge in [-0.25, -0.2) is 9.78 Å². The quantitative estimate of drug-likeness (QED) is 0.908. The normalized spacial score (nSPS) is 18.4. The van der Waals surface area contributed by atoms with Crippen molar-refractivity contribution < 1.29 is 9.53 Å². The maximum absolute atomic E-state index is 11.9. The third-order valence-corrected chi connectivity index (χ3v) is 5.17. The maximum atomic E-state index is 11.9. The number of amides is 1. The Morgan fingerprint density at radius 1 is 1.35 bits per heavy atom. The van der Waals surface area contributed by atoms with Crippen LogP contribution in [0.1, 0.15) is 37.9 Å². The van der Waals surface area contributed by atoms with E-state index in [2.05, 4.69) is 25.6 Å².